The molecular formula is C23H21N3O6S. The summed E-state index contributed by atoms with van der Waals surface area (Å²) in [7, 11) is -2.53. The molecule has 33 heavy (non-hydrogen) atoms. The number of nitro groups is 1. The second-order valence-electron chi connectivity index (χ2n) is 6.96. The number of nitrogens with one attached hydrogen (secondary N) is 2. The van der Waals surface area contributed by atoms with Crippen LogP contribution < -0.4 is 14.8 Å². The predicted octanol–water partition coefficient (Wildman–Crippen LogP) is 4.36. The number of aryl methyl sites for hydroxylation is 1. The maximum Gasteiger partial charge on any atom is 0.270 e. The largest absolute Gasteiger partial charge is 0.495 e. The highest BCUT2D eigenvalue weighted by atomic mass is 32.2. The van der Waals surface area contributed by atoms with E-state index in [9.17, 15) is 23.3 Å². The Bertz CT molecular complexity index is 1340. The summed E-state index contributed by atoms with van der Waals surface area (Å²) in [4.78, 5) is 22.6. The fraction of sp³-hybridized carbons (Fsp3) is 0.0870. The lowest BCUT2D eigenvalue weighted by atomic mass is 10.2. The lowest BCUT2D eigenvalue weighted by Gasteiger charge is -2.14. The van der Waals surface area contributed by atoms with Gasteiger partial charge in [-0.3, -0.25) is 19.6 Å². The van der Waals surface area contributed by atoms with E-state index in [1.165, 1.54) is 43.5 Å². The number of non-ortho nitro benzene ring substituents is 1. The van der Waals surface area contributed by atoms with E-state index in [0.717, 1.165) is 0 Å². The normalized spacial score (nSPS) is 11.2. The summed E-state index contributed by atoms with van der Waals surface area (Å²) in [6.07, 6.45) is 2.64. The van der Waals surface area contributed by atoms with Gasteiger partial charge in [0.1, 0.15) is 5.75 Å². The van der Waals surface area contributed by atoms with Crippen molar-refractivity contribution in [1.82, 2.24) is 0 Å². The van der Waals surface area contributed by atoms with Crippen LogP contribution in [-0.2, 0) is 14.8 Å². The number of para-hydroxylation sites is 2. The van der Waals surface area contributed by atoms with Crippen molar-refractivity contribution in [3.63, 3.8) is 0 Å². The fourth-order valence-electron chi connectivity index (χ4n) is 2.99. The van der Waals surface area contributed by atoms with Crippen molar-refractivity contribution >= 4 is 39.1 Å². The number of ether oxygens (including phenoxy) is 1. The van der Waals surface area contributed by atoms with Crippen molar-refractivity contribution in [1.29, 1.82) is 0 Å². The number of nitro benzene ring substituents is 1. The Kier molecular flexibility index (Phi) is 7.09. The molecule has 0 saturated heterocycles. The summed E-state index contributed by atoms with van der Waals surface area (Å²) in [6.45, 7) is 1.64. The minimum absolute atomic E-state index is 0.00568. The average molecular weight is 468 g/mol. The van der Waals surface area contributed by atoms with Gasteiger partial charge in [0.25, 0.3) is 15.7 Å². The molecule has 3 aromatic rings. The summed E-state index contributed by atoms with van der Waals surface area (Å²) >= 11 is 0. The first-order valence-corrected chi connectivity index (χ1v) is 11.2. The molecule has 0 radical (unpaired) electrons. The van der Waals surface area contributed by atoms with Crippen molar-refractivity contribution < 1.29 is 22.9 Å². The Labute approximate surface area is 190 Å². The molecule has 0 bridgehead atoms. The molecule has 3 aromatic carbocycles. The van der Waals surface area contributed by atoms with Crippen LogP contribution in [0.1, 0.15) is 11.1 Å². The molecule has 0 saturated carbocycles. The summed E-state index contributed by atoms with van der Waals surface area (Å²) in [6, 6.07) is 17.0. The van der Waals surface area contributed by atoms with Gasteiger partial charge in [-0.15, -0.1) is 0 Å². The number of anilines is 2. The molecule has 1 amide bonds. The quantitative estimate of drug-likeness (QED) is 0.288. The molecule has 170 valence electrons. The van der Waals surface area contributed by atoms with E-state index < -0.39 is 20.9 Å². The van der Waals surface area contributed by atoms with Crippen LogP contribution in [0, 0.1) is 17.0 Å². The van der Waals surface area contributed by atoms with Crippen LogP contribution in [0.25, 0.3) is 6.08 Å². The first-order chi connectivity index (χ1) is 15.7. The van der Waals surface area contributed by atoms with Gasteiger partial charge in [-0.05, 0) is 48.4 Å². The van der Waals surface area contributed by atoms with Crippen LogP contribution in [0.4, 0.5) is 17.1 Å². The van der Waals surface area contributed by atoms with Gasteiger partial charge in [-0.25, -0.2) is 8.42 Å². The van der Waals surface area contributed by atoms with Crippen LogP contribution in [0.3, 0.4) is 0 Å². The van der Waals surface area contributed by atoms with Crippen molar-refractivity contribution in [2.24, 2.45) is 0 Å². The number of hydrogen-bond donors (Lipinski definition) is 2. The summed E-state index contributed by atoms with van der Waals surface area (Å²) in [5, 5.41) is 13.5. The maximum atomic E-state index is 13.0. The number of hydrogen-bond acceptors (Lipinski definition) is 6. The molecule has 0 fully saturated rings. The number of sulfonamides is 1. The van der Waals surface area contributed by atoms with Gasteiger partial charge in [-0.1, -0.05) is 30.3 Å². The topological polar surface area (TPSA) is 128 Å². The number of carbonyl (C=O) groups is 1. The lowest BCUT2D eigenvalue weighted by Crippen LogP contribution is -2.16. The zero-order chi connectivity index (χ0) is 24.0. The summed E-state index contributed by atoms with van der Waals surface area (Å²) in [5.41, 5.74) is 1.44. The van der Waals surface area contributed by atoms with Gasteiger partial charge in [-0.2, -0.15) is 0 Å². The molecule has 0 aliphatic rings. The molecule has 9 nitrogen and oxygen atoms in total. The van der Waals surface area contributed by atoms with Crippen LogP contribution in [0.15, 0.2) is 77.7 Å². The molecule has 0 unspecified atom stereocenters. The second-order valence-corrected chi connectivity index (χ2v) is 8.61. The number of benzene rings is 3. The molecule has 0 spiro atoms. The molecule has 2 N–H and O–H groups in total. The highest BCUT2D eigenvalue weighted by molar-refractivity contribution is 7.92. The van der Waals surface area contributed by atoms with Crippen molar-refractivity contribution in [2.45, 2.75) is 11.8 Å². The van der Waals surface area contributed by atoms with Crippen molar-refractivity contribution in [3.8, 4) is 5.75 Å². The minimum atomic E-state index is -3.97. The molecule has 0 atom stereocenters. The predicted molar refractivity (Wildman–Crippen MR) is 126 cm³/mol. The second kappa shape index (κ2) is 9.96. The van der Waals surface area contributed by atoms with Crippen molar-refractivity contribution in [3.05, 3.63) is 94.0 Å². The van der Waals surface area contributed by atoms with E-state index in [1.807, 2.05) is 0 Å². The first kappa shape index (κ1) is 23.5. The van der Waals surface area contributed by atoms with Crippen molar-refractivity contribution in [2.75, 3.05) is 17.1 Å². The molecule has 0 aromatic heterocycles. The third kappa shape index (κ3) is 5.95. The number of rotatable bonds is 8. The Morgan fingerprint density at radius 3 is 2.55 bits per heavy atom. The number of nitrogens with zero attached hydrogens (tertiary/aromatic N) is 1. The lowest BCUT2D eigenvalue weighted by molar-refractivity contribution is -0.384. The SMILES string of the molecule is COc1ccccc1NS(=O)(=O)c1cc(NC(=O)/C=C/c2cccc([N+](=O)[O-])c2)ccc1C. The van der Waals surface area contributed by atoms with Gasteiger partial charge in [0.15, 0.2) is 0 Å². The highest BCUT2D eigenvalue weighted by Crippen LogP contribution is 2.28. The van der Waals surface area contributed by atoms with Gasteiger partial charge in [0.05, 0.1) is 22.6 Å². The third-order valence-electron chi connectivity index (χ3n) is 4.60. The van der Waals surface area contributed by atoms with E-state index in [4.69, 9.17) is 4.74 Å². The standard InChI is InChI=1S/C23H21N3O6S/c1-16-10-12-18(24-23(27)13-11-17-6-5-7-19(14-17)26(28)29)15-22(16)33(30,31)25-20-8-3-4-9-21(20)32-2/h3-15,25H,1-2H3,(H,24,27)/b13-11+. The van der Waals surface area contributed by atoms with E-state index >= 15 is 0 Å². The maximum absolute atomic E-state index is 13.0. The van der Waals surface area contributed by atoms with Crippen LogP contribution >= 0.6 is 0 Å². The fourth-order valence-corrected chi connectivity index (χ4v) is 4.34. The monoisotopic (exact) mass is 467 g/mol. The number of amides is 1. The highest BCUT2D eigenvalue weighted by Gasteiger charge is 2.19. The van der Waals surface area contributed by atoms with Crippen LogP contribution in [0.5, 0.6) is 5.75 Å². The number of methoxy groups -OCH3 is 1. The van der Waals surface area contributed by atoms with E-state index in [1.54, 1.807) is 49.4 Å². The minimum Gasteiger partial charge on any atom is -0.495 e. The number of carbonyl (C=O) groups excluding carboxylic acids is 1. The average Bonchev–Trinajstić information content (AvgIpc) is 2.79. The molecule has 0 heterocycles. The molecule has 0 aliphatic carbocycles. The van der Waals surface area contributed by atoms with Gasteiger partial charge in [0, 0.05) is 23.9 Å². The molecular weight excluding hydrogens is 446 g/mol. The Morgan fingerprint density at radius 2 is 1.82 bits per heavy atom. The Balaban J connectivity index is 1.79. The Hall–Kier alpha value is -4.18. The summed E-state index contributed by atoms with van der Waals surface area (Å²) in [5.74, 6) is -0.152. The van der Waals surface area contributed by atoms with E-state index in [-0.39, 0.29) is 22.0 Å². The molecule has 0 aliphatic heterocycles. The van der Waals surface area contributed by atoms with E-state index in [2.05, 4.69) is 10.0 Å². The zero-order valence-corrected chi connectivity index (χ0v) is 18.6. The first-order valence-electron chi connectivity index (χ1n) is 9.69. The van der Waals surface area contributed by atoms with Gasteiger partial charge >= 0.3 is 0 Å². The Morgan fingerprint density at radius 1 is 1.06 bits per heavy atom. The van der Waals surface area contributed by atoms with Gasteiger partial charge < -0.3 is 10.1 Å². The molecule has 3 rings (SSSR count). The smallest absolute Gasteiger partial charge is 0.270 e. The molecule has 10 heteroatoms. The van der Waals surface area contributed by atoms with Crippen LogP contribution in [0.2, 0.25) is 0 Å². The van der Waals surface area contributed by atoms with Gasteiger partial charge in [0.2, 0.25) is 5.91 Å². The zero-order valence-electron chi connectivity index (χ0n) is 17.8. The van der Waals surface area contributed by atoms with Crippen LogP contribution in [-0.4, -0.2) is 26.4 Å². The van der Waals surface area contributed by atoms with E-state index in [0.29, 0.717) is 16.9 Å². The summed E-state index contributed by atoms with van der Waals surface area (Å²) < 4.78 is 33.6. The third-order valence-corrected chi connectivity index (χ3v) is 6.11.